The van der Waals surface area contributed by atoms with E-state index < -0.39 is 4.92 Å². The van der Waals surface area contributed by atoms with Gasteiger partial charge in [-0.1, -0.05) is 30.5 Å². The number of ether oxygens (including phenoxy) is 1. The van der Waals surface area contributed by atoms with Crippen LogP contribution in [0.25, 0.3) is 17.1 Å². The lowest BCUT2D eigenvalue weighted by atomic mass is 10.2. The summed E-state index contributed by atoms with van der Waals surface area (Å²) >= 11 is 1.19. The van der Waals surface area contributed by atoms with Crippen LogP contribution in [0.2, 0.25) is 0 Å². The highest BCUT2D eigenvalue weighted by Gasteiger charge is 2.15. The second-order valence-corrected chi connectivity index (χ2v) is 7.28. The van der Waals surface area contributed by atoms with Crippen LogP contribution in [-0.2, 0) is 11.8 Å². The molecule has 0 saturated carbocycles. The average molecular weight is 440 g/mol. The van der Waals surface area contributed by atoms with E-state index in [2.05, 4.69) is 27.6 Å². The summed E-state index contributed by atoms with van der Waals surface area (Å²) in [5.41, 5.74) is 7.25. The first-order valence-corrected chi connectivity index (χ1v) is 10.0. The maximum absolute atomic E-state index is 12.2. The molecule has 10 nitrogen and oxygen atoms in total. The zero-order valence-electron chi connectivity index (χ0n) is 16.9. The van der Waals surface area contributed by atoms with E-state index in [4.69, 9.17) is 4.74 Å². The van der Waals surface area contributed by atoms with Crippen molar-refractivity contribution >= 4 is 29.1 Å². The molecule has 3 rings (SSSR count). The number of methoxy groups -OCH3 is 1. The Morgan fingerprint density at radius 3 is 2.65 bits per heavy atom. The first kappa shape index (κ1) is 21.8. The third-order valence-corrected chi connectivity index (χ3v) is 5.29. The summed E-state index contributed by atoms with van der Waals surface area (Å²) in [5, 5.41) is 19.6. The largest absolute Gasteiger partial charge is 0.497 e. The fraction of sp³-hybridized carbons (Fsp3) is 0.150. The predicted octanol–water partition coefficient (Wildman–Crippen LogP) is 2.78. The summed E-state index contributed by atoms with van der Waals surface area (Å²) in [7, 11) is 3.32. The molecule has 0 radical (unpaired) electrons. The van der Waals surface area contributed by atoms with Gasteiger partial charge in [0.15, 0.2) is 11.0 Å². The van der Waals surface area contributed by atoms with Crippen molar-refractivity contribution in [3.05, 3.63) is 70.8 Å². The van der Waals surface area contributed by atoms with Crippen LogP contribution >= 0.6 is 11.8 Å². The van der Waals surface area contributed by atoms with Gasteiger partial charge in [0, 0.05) is 24.7 Å². The van der Waals surface area contributed by atoms with Crippen molar-refractivity contribution in [2.24, 2.45) is 7.05 Å². The third kappa shape index (κ3) is 5.39. The molecule has 31 heavy (non-hydrogen) atoms. The summed E-state index contributed by atoms with van der Waals surface area (Å²) < 4.78 is 6.79. The van der Waals surface area contributed by atoms with Gasteiger partial charge >= 0.3 is 0 Å². The van der Waals surface area contributed by atoms with Gasteiger partial charge in [0.05, 0.1) is 23.5 Å². The molecule has 2 N–H and O–H groups in total. The Hall–Kier alpha value is -3.86. The van der Waals surface area contributed by atoms with E-state index in [1.165, 1.54) is 23.9 Å². The zero-order valence-corrected chi connectivity index (χ0v) is 17.7. The molecule has 0 saturated heterocycles. The van der Waals surface area contributed by atoms with Crippen LogP contribution in [0.4, 0.5) is 5.69 Å². The zero-order chi connectivity index (χ0) is 22.4. The van der Waals surface area contributed by atoms with Crippen LogP contribution < -0.4 is 15.6 Å². The van der Waals surface area contributed by atoms with E-state index in [9.17, 15) is 14.9 Å². The Kier molecular flexibility index (Phi) is 6.88. The first-order chi connectivity index (χ1) is 14.9. The SMILES string of the molecule is C=C(NNC(=O)CSc1nnc(-c2cccc([N+](=O)[O-])c2)n1C)c1ccc(OC)cc1. The fourth-order valence-corrected chi connectivity index (χ4v) is 3.34. The van der Waals surface area contributed by atoms with Crippen molar-refractivity contribution in [1.29, 1.82) is 0 Å². The quantitative estimate of drug-likeness (QED) is 0.296. The van der Waals surface area contributed by atoms with E-state index in [1.807, 2.05) is 12.1 Å². The monoisotopic (exact) mass is 440 g/mol. The van der Waals surface area contributed by atoms with E-state index in [1.54, 1.807) is 43.0 Å². The van der Waals surface area contributed by atoms with Crippen LogP contribution in [0.5, 0.6) is 5.75 Å². The molecule has 0 bridgehead atoms. The molecule has 0 fully saturated rings. The van der Waals surface area contributed by atoms with Gasteiger partial charge in [-0.25, -0.2) is 0 Å². The Morgan fingerprint density at radius 1 is 1.23 bits per heavy atom. The molecule has 0 aliphatic heterocycles. The molecule has 0 spiro atoms. The Balaban J connectivity index is 1.55. The molecule has 0 aliphatic carbocycles. The molecule has 2 aromatic carbocycles. The number of nitrogens with one attached hydrogen (secondary N) is 2. The van der Waals surface area contributed by atoms with Gasteiger partial charge in [-0.3, -0.25) is 25.8 Å². The molecule has 160 valence electrons. The molecule has 0 aliphatic rings. The average Bonchev–Trinajstić information content (AvgIpc) is 3.16. The number of nitro benzene ring substituents is 1. The highest BCUT2D eigenvalue weighted by molar-refractivity contribution is 7.99. The first-order valence-electron chi connectivity index (χ1n) is 9.04. The lowest BCUT2D eigenvalue weighted by molar-refractivity contribution is -0.384. The second-order valence-electron chi connectivity index (χ2n) is 6.34. The van der Waals surface area contributed by atoms with Crippen LogP contribution in [-0.4, -0.2) is 38.5 Å². The number of benzene rings is 2. The number of hydrazine groups is 1. The number of carbonyl (C=O) groups excluding carboxylic acids is 1. The summed E-state index contributed by atoms with van der Waals surface area (Å²) in [6.07, 6.45) is 0. The molecule has 0 unspecified atom stereocenters. The van der Waals surface area contributed by atoms with Crippen LogP contribution in [0, 0.1) is 10.1 Å². The highest BCUT2D eigenvalue weighted by Crippen LogP contribution is 2.25. The number of nitro groups is 1. The maximum Gasteiger partial charge on any atom is 0.270 e. The number of thioether (sulfide) groups is 1. The van der Waals surface area contributed by atoms with E-state index in [0.29, 0.717) is 22.2 Å². The molecule has 1 aromatic heterocycles. The van der Waals surface area contributed by atoms with Crippen LogP contribution in [0.1, 0.15) is 5.56 Å². The minimum atomic E-state index is -0.466. The van der Waals surface area contributed by atoms with E-state index >= 15 is 0 Å². The van der Waals surface area contributed by atoms with Crippen molar-refractivity contribution in [3.63, 3.8) is 0 Å². The summed E-state index contributed by atoms with van der Waals surface area (Å²) in [6, 6.07) is 13.4. The molecule has 1 heterocycles. The number of aromatic nitrogens is 3. The normalized spacial score (nSPS) is 10.4. The lowest BCUT2D eigenvalue weighted by Gasteiger charge is -2.11. The molecule has 0 atom stereocenters. The third-order valence-electron chi connectivity index (χ3n) is 4.27. The summed E-state index contributed by atoms with van der Waals surface area (Å²) in [4.78, 5) is 22.7. The van der Waals surface area contributed by atoms with Gasteiger partial charge in [0.25, 0.3) is 5.69 Å². The number of non-ortho nitro benzene ring substituents is 1. The van der Waals surface area contributed by atoms with Crippen LogP contribution in [0.3, 0.4) is 0 Å². The van der Waals surface area contributed by atoms with E-state index in [-0.39, 0.29) is 17.3 Å². The van der Waals surface area contributed by atoms with Crippen molar-refractivity contribution in [2.45, 2.75) is 5.16 Å². The molecule has 11 heteroatoms. The van der Waals surface area contributed by atoms with Crippen LogP contribution in [0.15, 0.2) is 60.3 Å². The van der Waals surface area contributed by atoms with Crippen molar-refractivity contribution in [3.8, 4) is 17.1 Å². The predicted molar refractivity (Wildman–Crippen MR) is 117 cm³/mol. The highest BCUT2D eigenvalue weighted by atomic mass is 32.2. The topological polar surface area (TPSA) is 124 Å². The van der Waals surface area contributed by atoms with Gasteiger partial charge < -0.3 is 9.30 Å². The van der Waals surface area contributed by atoms with Crippen molar-refractivity contribution < 1.29 is 14.5 Å². The Morgan fingerprint density at radius 2 is 1.97 bits per heavy atom. The van der Waals surface area contributed by atoms with Crippen molar-refractivity contribution in [1.82, 2.24) is 25.6 Å². The molecule has 1 amide bonds. The number of hydrogen-bond donors (Lipinski definition) is 2. The number of amides is 1. The summed E-state index contributed by atoms with van der Waals surface area (Å²) in [6.45, 7) is 3.89. The molecular formula is C20H20N6O4S. The Bertz CT molecular complexity index is 1110. The van der Waals surface area contributed by atoms with Gasteiger partial charge in [-0.2, -0.15) is 0 Å². The number of carbonyl (C=O) groups is 1. The molecular weight excluding hydrogens is 420 g/mol. The standard InChI is InChI=1S/C20H20N6O4S/c1-13(14-7-9-17(30-3)10-8-14)21-22-18(27)12-31-20-24-23-19(25(20)2)15-5-4-6-16(11-15)26(28)29/h4-11,21H,1,12H2,2-3H3,(H,22,27). The number of hydrogen-bond acceptors (Lipinski definition) is 8. The second kappa shape index (κ2) is 9.76. The smallest absolute Gasteiger partial charge is 0.270 e. The minimum absolute atomic E-state index is 0.0303. The molecule has 3 aromatic rings. The number of nitrogens with zero attached hydrogens (tertiary/aromatic N) is 4. The van der Waals surface area contributed by atoms with Crippen molar-refractivity contribution in [2.75, 3.05) is 12.9 Å². The minimum Gasteiger partial charge on any atom is -0.497 e. The number of rotatable bonds is 9. The van der Waals surface area contributed by atoms with E-state index in [0.717, 1.165) is 11.3 Å². The lowest BCUT2D eigenvalue weighted by Crippen LogP contribution is -2.37. The van der Waals surface area contributed by atoms with Gasteiger partial charge in [0.2, 0.25) is 5.91 Å². The van der Waals surface area contributed by atoms with Gasteiger partial charge in [-0.15, -0.1) is 10.2 Å². The Labute approximate surface area is 182 Å². The summed E-state index contributed by atoms with van der Waals surface area (Å²) in [5.74, 6) is 1.01. The van der Waals surface area contributed by atoms with Gasteiger partial charge in [-0.05, 0) is 29.8 Å². The fourth-order valence-electron chi connectivity index (χ4n) is 2.63. The van der Waals surface area contributed by atoms with Gasteiger partial charge in [0.1, 0.15) is 5.75 Å². The maximum atomic E-state index is 12.2.